The summed E-state index contributed by atoms with van der Waals surface area (Å²) in [6.07, 6.45) is -1.99. The number of aliphatic hydroxyl groups is 4. The van der Waals surface area contributed by atoms with Crippen molar-refractivity contribution < 1.29 is 39.9 Å². The number of nitrogens with one attached hydrogen (secondary N) is 2. The van der Waals surface area contributed by atoms with Gasteiger partial charge in [0.1, 0.15) is 0 Å². The number of ether oxygens (including phenoxy) is 1. The molecule has 14 heteroatoms. The smallest absolute Gasteiger partial charge is 0.338 e. The maximum atomic E-state index is 12.9. The predicted octanol–water partition coefficient (Wildman–Crippen LogP) is -2.69. The Hall–Kier alpha value is -3.59. The molecule has 1 heterocycles. The molecule has 1 unspecified atom stereocenters. The monoisotopic (exact) mass is 469 g/mol. The molecule has 7 N–H and O–H groups in total. The molecule has 0 amide bonds. The summed E-state index contributed by atoms with van der Waals surface area (Å²) >= 11 is 0. The maximum Gasteiger partial charge on any atom is 0.338 e. The number of carboxylic acid groups (broad SMARTS) is 1. The number of carboxylic acids is 1. The topological polar surface area (TPSA) is 232 Å². The Kier molecular flexibility index (Phi) is 8.05. The summed E-state index contributed by atoms with van der Waals surface area (Å²) in [6, 6.07) is 4.43. The van der Waals surface area contributed by atoms with Crippen molar-refractivity contribution in [2.24, 2.45) is 0 Å². The number of esters is 1. The average molecular weight is 469 g/mol. The van der Waals surface area contributed by atoms with E-state index < -0.39 is 79.4 Å². The van der Waals surface area contributed by atoms with Crippen molar-refractivity contribution in [3.8, 4) is 0 Å². The van der Waals surface area contributed by atoms with Crippen molar-refractivity contribution >= 4 is 11.9 Å². The Bertz CT molecular complexity index is 1120. The number of aromatic amines is 2. The first-order valence-electron chi connectivity index (χ1n) is 9.63. The second-order valence-corrected chi connectivity index (χ2v) is 7.03. The van der Waals surface area contributed by atoms with Crippen LogP contribution in [-0.2, 0) is 10.5 Å². The minimum Gasteiger partial charge on any atom is -0.478 e. The van der Waals surface area contributed by atoms with Gasteiger partial charge in [0, 0.05) is 39.1 Å². The van der Waals surface area contributed by atoms with Crippen LogP contribution >= 0.6 is 0 Å². The Morgan fingerprint density at radius 1 is 0.848 bits per heavy atom. The van der Waals surface area contributed by atoms with Gasteiger partial charge >= 0.3 is 29.0 Å². The highest BCUT2D eigenvalue weighted by molar-refractivity contribution is 5.92. The first-order chi connectivity index (χ1) is 15.5. The fourth-order valence-electron chi connectivity index (χ4n) is 3.52. The number of hydrogen-bond acceptors (Lipinski definition) is 10. The SMILES string of the molecule is O=C(O)c1ccc(C(=O)OC(CCO)(CCO)C(O)(CCO)n2c(=O)[nH]c(=O)[nH]c2=O)cc1. The van der Waals surface area contributed by atoms with Crippen molar-refractivity contribution in [2.75, 3.05) is 19.8 Å². The summed E-state index contributed by atoms with van der Waals surface area (Å²) < 4.78 is 5.57. The van der Waals surface area contributed by atoms with E-state index in [2.05, 4.69) is 0 Å². The van der Waals surface area contributed by atoms with E-state index in [1.54, 1.807) is 9.97 Å². The standard InChI is InChI=1S/C19H23N3O11/c23-8-5-18(6-9-24,33-14(28)12-3-1-11(2-4-12)13(26)27)19(32,7-10-25)22-16(30)20-15(29)21-17(22)31/h1-4,23-25,32H,5-10H2,(H,26,27)(H2,20,21,29,30,31). The van der Waals surface area contributed by atoms with E-state index in [1.165, 1.54) is 0 Å². The molecule has 1 aromatic heterocycles. The number of benzene rings is 1. The highest BCUT2D eigenvalue weighted by Crippen LogP contribution is 2.39. The molecule has 0 aliphatic heterocycles. The number of rotatable bonds is 11. The lowest BCUT2D eigenvalue weighted by Crippen LogP contribution is -2.66. The van der Waals surface area contributed by atoms with Gasteiger partial charge in [-0.1, -0.05) is 0 Å². The molecular weight excluding hydrogens is 446 g/mol. The second-order valence-electron chi connectivity index (χ2n) is 7.03. The molecule has 0 aliphatic carbocycles. The van der Waals surface area contributed by atoms with Crippen molar-refractivity contribution in [2.45, 2.75) is 30.6 Å². The molecule has 0 spiro atoms. The van der Waals surface area contributed by atoms with E-state index in [0.717, 1.165) is 24.3 Å². The number of nitrogens with zero attached hydrogens (tertiary/aromatic N) is 1. The van der Waals surface area contributed by atoms with Crippen LogP contribution in [0, 0.1) is 0 Å². The zero-order valence-electron chi connectivity index (χ0n) is 17.2. The maximum absolute atomic E-state index is 12.9. The molecule has 14 nitrogen and oxygen atoms in total. The molecule has 0 fully saturated rings. The van der Waals surface area contributed by atoms with Gasteiger partial charge in [-0.05, 0) is 24.3 Å². The molecule has 0 radical (unpaired) electrons. The number of aliphatic hydroxyl groups excluding tert-OH is 3. The molecular formula is C19H23N3O11. The quantitative estimate of drug-likeness (QED) is 0.167. The largest absolute Gasteiger partial charge is 0.478 e. The molecule has 2 rings (SSSR count). The van der Waals surface area contributed by atoms with Crippen LogP contribution in [0.1, 0.15) is 40.0 Å². The fraction of sp³-hybridized carbons (Fsp3) is 0.421. The Morgan fingerprint density at radius 2 is 1.30 bits per heavy atom. The van der Waals surface area contributed by atoms with Gasteiger partial charge in [-0.15, -0.1) is 0 Å². The molecule has 0 saturated carbocycles. The number of aromatic nitrogens is 3. The Balaban J connectivity index is 2.69. The van der Waals surface area contributed by atoms with Crippen LogP contribution in [0.2, 0.25) is 0 Å². The third kappa shape index (κ3) is 5.09. The summed E-state index contributed by atoms with van der Waals surface area (Å²) in [7, 11) is 0. The van der Waals surface area contributed by atoms with Crippen LogP contribution in [0.3, 0.4) is 0 Å². The van der Waals surface area contributed by atoms with Crippen molar-refractivity contribution in [1.82, 2.24) is 14.5 Å². The van der Waals surface area contributed by atoms with E-state index >= 15 is 0 Å². The lowest BCUT2D eigenvalue weighted by Gasteiger charge is -2.46. The molecule has 0 bridgehead atoms. The highest BCUT2D eigenvalue weighted by atomic mass is 16.6. The number of carbonyl (C=O) groups is 2. The van der Waals surface area contributed by atoms with Gasteiger partial charge in [0.05, 0.1) is 11.1 Å². The Morgan fingerprint density at radius 3 is 1.73 bits per heavy atom. The van der Waals surface area contributed by atoms with E-state index in [4.69, 9.17) is 9.84 Å². The molecule has 0 aliphatic rings. The molecule has 0 saturated heterocycles. The summed E-state index contributed by atoms with van der Waals surface area (Å²) in [5.41, 5.74) is -9.49. The fourth-order valence-corrected chi connectivity index (χ4v) is 3.52. The van der Waals surface area contributed by atoms with Gasteiger partial charge < -0.3 is 30.3 Å². The van der Waals surface area contributed by atoms with Gasteiger partial charge in [-0.25, -0.2) is 28.5 Å². The summed E-state index contributed by atoms with van der Waals surface area (Å²) in [5.74, 6) is -2.40. The number of carbonyl (C=O) groups excluding carboxylic acids is 1. The predicted molar refractivity (Wildman–Crippen MR) is 109 cm³/mol. The second kappa shape index (κ2) is 10.4. The van der Waals surface area contributed by atoms with Crippen LogP contribution in [0.4, 0.5) is 0 Å². The first kappa shape index (κ1) is 25.7. The van der Waals surface area contributed by atoms with Crippen LogP contribution < -0.4 is 17.1 Å². The summed E-state index contributed by atoms with van der Waals surface area (Å²) in [5, 5.41) is 49.3. The normalized spacial score (nSPS) is 13.3. The number of aromatic carboxylic acids is 1. The van der Waals surface area contributed by atoms with Crippen LogP contribution in [0.15, 0.2) is 38.6 Å². The van der Waals surface area contributed by atoms with E-state index in [-0.39, 0.29) is 15.7 Å². The average Bonchev–Trinajstić information content (AvgIpc) is 2.73. The number of H-pyrrole nitrogens is 2. The van der Waals surface area contributed by atoms with E-state index in [1.807, 2.05) is 0 Å². The Labute approximate surface area is 184 Å². The minimum absolute atomic E-state index is 0.122. The van der Waals surface area contributed by atoms with Gasteiger partial charge in [0.25, 0.3) is 0 Å². The van der Waals surface area contributed by atoms with Gasteiger partial charge in [0.2, 0.25) is 0 Å². The van der Waals surface area contributed by atoms with Crippen molar-refractivity contribution in [3.63, 3.8) is 0 Å². The van der Waals surface area contributed by atoms with Gasteiger partial charge in [-0.3, -0.25) is 9.97 Å². The van der Waals surface area contributed by atoms with Gasteiger partial charge in [0.15, 0.2) is 11.3 Å². The lowest BCUT2D eigenvalue weighted by atomic mass is 9.81. The van der Waals surface area contributed by atoms with Crippen molar-refractivity contribution in [3.05, 3.63) is 66.8 Å². The van der Waals surface area contributed by atoms with Crippen LogP contribution in [0.25, 0.3) is 0 Å². The lowest BCUT2D eigenvalue weighted by molar-refractivity contribution is -0.227. The highest BCUT2D eigenvalue weighted by Gasteiger charge is 2.56. The zero-order valence-corrected chi connectivity index (χ0v) is 17.2. The first-order valence-corrected chi connectivity index (χ1v) is 9.63. The number of hydrogen-bond donors (Lipinski definition) is 7. The summed E-state index contributed by atoms with van der Waals surface area (Å²) in [6.45, 7) is -2.35. The molecule has 180 valence electrons. The summed E-state index contributed by atoms with van der Waals surface area (Å²) in [4.78, 5) is 63.6. The van der Waals surface area contributed by atoms with Crippen LogP contribution in [0.5, 0.6) is 0 Å². The van der Waals surface area contributed by atoms with Crippen LogP contribution in [-0.4, -0.2) is 77.4 Å². The molecule has 33 heavy (non-hydrogen) atoms. The minimum atomic E-state index is -2.83. The third-order valence-corrected chi connectivity index (χ3v) is 5.09. The molecule has 2 aromatic rings. The third-order valence-electron chi connectivity index (χ3n) is 5.09. The molecule has 1 atom stereocenters. The molecule has 1 aromatic carbocycles. The van der Waals surface area contributed by atoms with Crippen molar-refractivity contribution in [1.29, 1.82) is 0 Å². The van der Waals surface area contributed by atoms with E-state index in [0.29, 0.717) is 0 Å². The zero-order chi connectivity index (χ0) is 24.8. The van der Waals surface area contributed by atoms with E-state index in [9.17, 15) is 44.4 Å². The van der Waals surface area contributed by atoms with Gasteiger partial charge in [-0.2, -0.15) is 0 Å².